The number of allylic oxidation sites excluding steroid dienone is 2. The number of hydrogen-bond acceptors (Lipinski definition) is 5. The minimum atomic E-state index is -0.408. The molecule has 2 aromatic rings. The molecular weight excluding hydrogens is 318 g/mol. The van der Waals surface area contributed by atoms with Gasteiger partial charge in [0.25, 0.3) is 0 Å². The summed E-state index contributed by atoms with van der Waals surface area (Å²) in [5.41, 5.74) is 3.02. The first-order chi connectivity index (χ1) is 12.2. The van der Waals surface area contributed by atoms with Gasteiger partial charge in [-0.2, -0.15) is 5.10 Å². The zero-order valence-electron chi connectivity index (χ0n) is 14.0. The van der Waals surface area contributed by atoms with E-state index in [1.807, 2.05) is 30.3 Å². The summed E-state index contributed by atoms with van der Waals surface area (Å²) < 4.78 is 6.86. The number of carbonyl (C=O) groups is 2. The molecule has 1 N–H and O–H groups in total. The molecule has 0 saturated carbocycles. The van der Waals surface area contributed by atoms with E-state index in [1.54, 1.807) is 11.6 Å². The molecule has 1 unspecified atom stereocenters. The van der Waals surface area contributed by atoms with Crippen LogP contribution in [0.2, 0.25) is 0 Å². The second-order valence-electron chi connectivity index (χ2n) is 6.18. The molecule has 6 heteroatoms. The molecule has 0 radical (unpaired) electrons. The van der Waals surface area contributed by atoms with Crippen LogP contribution in [-0.4, -0.2) is 28.1 Å². The topological polar surface area (TPSA) is 73.2 Å². The maximum atomic E-state index is 12.6. The molecule has 1 aromatic heterocycles. The van der Waals surface area contributed by atoms with Crippen molar-refractivity contribution in [3.63, 3.8) is 0 Å². The van der Waals surface area contributed by atoms with Gasteiger partial charge in [0, 0.05) is 17.7 Å². The van der Waals surface area contributed by atoms with Crippen molar-refractivity contribution < 1.29 is 14.3 Å². The molecule has 6 nitrogen and oxygen atoms in total. The van der Waals surface area contributed by atoms with Crippen LogP contribution in [0.25, 0.3) is 0 Å². The van der Waals surface area contributed by atoms with Crippen LogP contribution in [0.1, 0.15) is 48.1 Å². The number of fused-ring (bicyclic) bond motifs is 1. The molecule has 2 heterocycles. The Morgan fingerprint density at radius 3 is 2.88 bits per heavy atom. The lowest BCUT2D eigenvalue weighted by atomic mass is 9.85. The number of aromatic nitrogens is 2. The SMILES string of the molecule is CCOC(=O)c1cnn2c1NC1=C(C(=O)CCC1)C2c1ccccc1. The Hall–Kier alpha value is -2.89. The lowest BCUT2D eigenvalue weighted by Crippen LogP contribution is -2.31. The van der Waals surface area contributed by atoms with Crippen LogP contribution in [0, 0.1) is 0 Å². The van der Waals surface area contributed by atoms with Gasteiger partial charge in [-0.1, -0.05) is 30.3 Å². The molecule has 0 fully saturated rings. The summed E-state index contributed by atoms with van der Waals surface area (Å²) in [4.78, 5) is 24.9. The summed E-state index contributed by atoms with van der Waals surface area (Å²) in [6, 6.07) is 9.48. The smallest absolute Gasteiger partial charge is 0.343 e. The molecule has 128 valence electrons. The summed E-state index contributed by atoms with van der Waals surface area (Å²) >= 11 is 0. The van der Waals surface area contributed by atoms with Gasteiger partial charge in [-0.25, -0.2) is 9.48 Å². The molecule has 25 heavy (non-hydrogen) atoms. The number of nitrogens with zero attached hydrogens (tertiary/aromatic N) is 2. The number of hydrogen-bond donors (Lipinski definition) is 1. The zero-order valence-corrected chi connectivity index (χ0v) is 14.0. The molecule has 1 aliphatic heterocycles. The molecule has 2 aliphatic rings. The fraction of sp³-hybridized carbons (Fsp3) is 0.316. The first kappa shape index (κ1) is 15.6. The second kappa shape index (κ2) is 6.20. The number of anilines is 1. The number of ketones is 1. The number of Topliss-reactive ketones (excluding diaryl/α,β-unsaturated/α-hetero) is 1. The van der Waals surface area contributed by atoms with Crippen molar-refractivity contribution in [3.05, 3.63) is 58.9 Å². The number of carbonyl (C=O) groups excluding carboxylic acids is 2. The largest absolute Gasteiger partial charge is 0.462 e. The van der Waals surface area contributed by atoms with Crippen molar-refractivity contribution in [2.24, 2.45) is 0 Å². The van der Waals surface area contributed by atoms with Crippen LogP contribution in [0.15, 0.2) is 47.8 Å². The summed E-state index contributed by atoms with van der Waals surface area (Å²) in [6.45, 7) is 2.08. The third kappa shape index (κ3) is 2.54. The van der Waals surface area contributed by atoms with Gasteiger partial charge in [-0.3, -0.25) is 4.79 Å². The van der Waals surface area contributed by atoms with E-state index < -0.39 is 5.97 Å². The van der Waals surface area contributed by atoms with Gasteiger partial charge in [-0.15, -0.1) is 0 Å². The first-order valence-electron chi connectivity index (χ1n) is 8.53. The van der Waals surface area contributed by atoms with Crippen molar-refractivity contribution in [3.8, 4) is 0 Å². The minimum absolute atomic E-state index is 0.140. The van der Waals surface area contributed by atoms with Crippen LogP contribution in [0.5, 0.6) is 0 Å². The average Bonchev–Trinajstić information content (AvgIpc) is 3.05. The van der Waals surface area contributed by atoms with Crippen molar-refractivity contribution in [2.75, 3.05) is 11.9 Å². The van der Waals surface area contributed by atoms with E-state index >= 15 is 0 Å². The average molecular weight is 337 g/mol. The van der Waals surface area contributed by atoms with E-state index in [-0.39, 0.29) is 11.8 Å². The van der Waals surface area contributed by atoms with Crippen molar-refractivity contribution in [1.82, 2.24) is 9.78 Å². The van der Waals surface area contributed by atoms with Gasteiger partial charge >= 0.3 is 5.97 Å². The van der Waals surface area contributed by atoms with Gasteiger partial charge in [0.2, 0.25) is 0 Å². The fourth-order valence-electron chi connectivity index (χ4n) is 3.56. The molecule has 1 atom stereocenters. The first-order valence-corrected chi connectivity index (χ1v) is 8.53. The molecule has 1 aromatic carbocycles. The number of rotatable bonds is 3. The Morgan fingerprint density at radius 2 is 2.12 bits per heavy atom. The highest BCUT2D eigenvalue weighted by atomic mass is 16.5. The quantitative estimate of drug-likeness (QED) is 0.871. The third-order valence-electron chi connectivity index (χ3n) is 4.65. The molecule has 0 amide bonds. The molecule has 0 bridgehead atoms. The van der Waals surface area contributed by atoms with Crippen LogP contribution in [0.4, 0.5) is 5.82 Å². The van der Waals surface area contributed by atoms with E-state index in [9.17, 15) is 9.59 Å². The summed E-state index contributed by atoms with van der Waals surface area (Å²) in [7, 11) is 0. The maximum absolute atomic E-state index is 12.6. The Labute approximate surface area is 145 Å². The van der Waals surface area contributed by atoms with E-state index in [1.165, 1.54) is 6.20 Å². The molecule has 4 rings (SSSR count). The fourth-order valence-corrected chi connectivity index (χ4v) is 3.56. The second-order valence-corrected chi connectivity index (χ2v) is 6.18. The monoisotopic (exact) mass is 337 g/mol. The minimum Gasteiger partial charge on any atom is -0.462 e. The third-order valence-corrected chi connectivity index (χ3v) is 4.65. The molecule has 0 saturated heterocycles. The predicted molar refractivity (Wildman–Crippen MR) is 92.3 cm³/mol. The highest BCUT2D eigenvalue weighted by Gasteiger charge is 2.37. The Morgan fingerprint density at radius 1 is 1.32 bits per heavy atom. The van der Waals surface area contributed by atoms with Gasteiger partial charge < -0.3 is 10.1 Å². The lowest BCUT2D eigenvalue weighted by molar-refractivity contribution is -0.116. The number of esters is 1. The summed E-state index contributed by atoms with van der Waals surface area (Å²) in [5.74, 6) is 0.330. The molecular formula is C19H19N3O3. The van der Waals surface area contributed by atoms with E-state index in [4.69, 9.17) is 4.74 Å². The van der Waals surface area contributed by atoms with E-state index in [2.05, 4.69) is 10.4 Å². The zero-order chi connectivity index (χ0) is 17.4. The highest BCUT2D eigenvalue weighted by Crippen LogP contribution is 2.41. The van der Waals surface area contributed by atoms with E-state index in [0.717, 1.165) is 29.7 Å². The number of ether oxygens (including phenoxy) is 1. The highest BCUT2D eigenvalue weighted by molar-refractivity contribution is 6.01. The molecule has 1 aliphatic carbocycles. The van der Waals surface area contributed by atoms with E-state index in [0.29, 0.717) is 24.4 Å². The van der Waals surface area contributed by atoms with Crippen molar-refractivity contribution in [2.45, 2.75) is 32.2 Å². The van der Waals surface area contributed by atoms with Crippen molar-refractivity contribution in [1.29, 1.82) is 0 Å². The number of nitrogens with one attached hydrogen (secondary N) is 1. The molecule has 0 spiro atoms. The number of benzene rings is 1. The van der Waals surface area contributed by atoms with Gasteiger partial charge in [0.1, 0.15) is 17.4 Å². The van der Waals surface area contributed by atoms with Crippen LogP contribution in [-0.2, 0) is 9.53 Å². The summed E-state index contributed by atoms with van der Waals surface area (Å²) in [5, 5.41) is 7.69. The Kier molecular flexibility index (Phi) is 3.87. The summed E-state index contributed by atoms with van der Waals surface area (Å²) in [6.07, 6.45) is 3.66. The predicted octanol–water partition coefficient (Wildman–Crippen LogP) is 3.08. The van der Waals surface area contributed by atoms with Crippen LogP contribution < -0.4 is 5.32 Å². The Bertz CT molecular complexity index is 867. The van der Waals surface area contributed by atoms with Gasteiger partial charge in [0.05, 0.1) is 12.8 Å². The van der Waals surface area contributed by atoms with Gasteiger partial charge in [0.15, 0.2) is 5.78 Å². The van der Waals surface area contributed by atoms with Crippen LogP contribution in [0.3, 0.4) is 0 Å². The van der Waals surface area contributed by atoms with Gasteiger partial charge in [-0.05, 0) is 25.3 Å². The van der Waals surface area contributed by atoms with Crippen molar-refractivity contribution >= 4 is 17.6 Å². The maximum Gasteiger partial charge on any atom is 0.343 e. The normalized spacial score (nSPS) is 19.1. The lowest BCUT2D eigenvalue weighted by Gasteiger charge is -2.33. The Balaban J connectivity index is 1.87. The van der Waals surface area contributed by atoms with Crippen LogP contribution >= 0.6 is 0 Å². The standard InChI is InChI=1S/C19H19N3O3/c1-2-25-19(24)13-11-20-22-17(12-7-4-3-5-8-12)16-14(21-18(13)22)9-6-10-15(16)23/h3-5,7-8,11,17,21H,2,6,9-10H2,1H3.